The predicted octanol–water partition coefficient (Wildman–Crippen LogP) is 3.45. The number of nitriles is 1. The molecule has 5 nitrogen and oxygen atoms in total. The number of alkyl halides is 3. The molecule has 0 spiro atoms. The second kappa shape index (κ2) is 6.80. The third-order valence-electron chi connectivity index (χ3n) is 2.86. The summed E-state index contributed by atoms with van der Waals surface area (Å²) in [5, 5.41) is 8.58. The highest BCUT2D eigenvalue weighted by Gasteiger charge is 2.31. The molecule has 0 fully saturated rings. The van der Waals surface area contributed by atoms with Gasteiger partial charge in [-0.05, 0) is 42.0 Å². The number of benzene rings is 2. The van der Waals surface area contributed by atoms with Crippen LogP contribution in [-0.4, -0.2) is 14.8 Å². The van der Waals surface area contributed by atoms with Gasteiger partial charge in [0.15, 0.2) is 0 Å². The minimum atomic E-state index is -4.84. The Morgan fingerprint density at radius 2 is 1.62 bits per heavy atom. The minimum Gasteiger partial charge on any atom is -0.406 e. The van der Waals surface area contributed by atoms with Gasteiger partial charge in [-0.3, -0.25) is 4.72 Å². The van der Waals surface area contributed by atoms with Gasteiger partial charge < -0.3 is 4.74 Å². The first-order valence-electron chi connectivity index (χ1n) is 6.54. The van der Waals surface area contributed by atoms with Gasteiger partial charge in [0.25, 0.3) is 10.0 Å². The van der Waals surface area contributed by atoms with Crippen LogP contribution in [0.15, 0.2) is 53.4 Å². The van der Waals surface area contributed by atoms with E-state index in [1.54, 1.807) is 12.1 Å². The number of nitrogens with zero attached hydrogens (tertiary/aromatic N) is 1. The Morgan fingerprint density at radius 3 is 2.12 bits per heavy atom. The number of sulfonamides is 1. The summed E-state index contributed by atoms with van der Waals surface area (Å²) in [6, 6.07) is 12.0. The zero-order valence-corrected chi connectivity index (χ0v) is 12.9. The zero-order valence-electron chi connectivity index (χ0n) is 12.0. The first kappa shape index (κ1) is 17.6. The highest BCUT2D eigenvalue weighted by atomic mass is 32.2. The van der Waals surface area contributed by atoms with Crippen LogP contribution >= 0.6 is 0 Å². The van der Waals surface area contributed by atoms with E-state index in [1.807, 2.05) is 6.07 Å². The van der Waals surface area contributed by atoms with Gasteiger partial charge in [0, 0.05) is 5.69 Å². The Labute approximate surface area is 136 Å². The molecular weight excluding hydrogens is 345 g/mol. The van der Waals surface area contributed by atoms with Crippen molar-refractivity contribution in [3.63, 3.8) is 0 Å². The van der Waals surface area contributed by atoms with Crippen LogP contribution in [0.2, 0.25) is 0 Å². The molecule has 2 aromatic rings. The maximum Gasteiger partial charge on any atom is 0.573 e. The number of ether oxygens (including phenoxy) is 1. The van der Waals surface area contributed by atoms with Crippen LogP contribution < -0.4 is 9.46 Å². The maximum absolute atomic E-state index is 12.2. The van der Waals surface area contributed by atoms with Crippen molar-refractivity contribution in [1.82, 2.24) is 0 Å². The summed E-state index contributed by atoms with van der Waals surface area (Å²) in [5.41, 5.74) is 1.00. The SMILES string of the molecule is N#CCc1ccc(NS(=O)(=O)c2ccc(OC(F)(F)F)cc2)cc1. The molecule has 0 heterocycles. The van der Waals surface area contributed by atoms with Gasteiger partial charge >= 0.3 is 6.36 Å². The third kappa shape index (κ3) is 4.89. The number of anilines is 1. The van der Waals surface area contributed by atoms with Crippen LogP contribution in [0.3, 0.4) is 0 Å². The lowest BCUT2D eigenvalue weighted by Gasteiger charge is -2.11. The number of rotatable bonds is 5. The van der Waals surface area contributed by atoms with E-state index in [2.05, 4.69) is 9.46 Å². The largest absolute Gasteiger partial charge is 0.573 e. The molecule has 0 aliphatic heterocycles. The Bertz CT molecular complexity index is 840. The van der Waals surface area contributed by atoms with Gasteiger partial charge in [0.05, 0.1) is 17.4 Å². The highest BCUT2D eigenvalue weighted by molar-refractivity contribution is 7.92. The normalized spacial score (nSPS) is 11.6. The molecular formula is C15H11F3N2O3S. The summed E-state index contributed by atoms with van der Waals surface area (Å²) in [5.74, 6) is -0.512. The van der Waals surface area contributed by atoms with Crippen LogP contribution in [0.25, 0.3) is 0 Å². The third-order valence-corrected chi connectivity index (χ3v) is 4.25. The minimum absolute atomic E-state index is 0.202. The van der Waals surface area contributed by atoms with E-state index < -0.39 is 22.1 Å². The zero-order chi connectivity index (χ0) is 17.8. The molecule has 0 aromatic heterocycles. The standard InChI is InChI=1S/C15H11F3N2O3S/c16-15(17,18)23-13-5-7-14(8-6-13)24(21,22)20-12-3-1-11(2-4-12)9-10-19/h1-8,20H,9H2. The lowest BCUT2D eigenvalue weighted by atomic mass is 10.1. The molecule has 0 aliphatic carbocycles. The summed E-state index contributed by atoms with van der Waals surface area (Å²) in [6.45, 7) is 0. The number of hydrogen-bond donors (Lipinski definition) is 1. The Balaban J connectivity index is 2.14. The molecule has 9 heteroatoms. The first-order valence-corrected chi connectivity index (χ1v) is 8.02. The van der Waals surface area contributed by atoms with Crippen molar-refractivity contribution < 1.29 is 26.3 Å². The fourth-order valence-electron chi connectivity index (χ4n) is 1.82. The number of halogens is 3. The van der Waals surface area contributed by atoms with Gasteiger partial charge in [0.1, 0.15) is 5.75 Å². The number of nitrogens with one attached hydrogen (secondary N) is 1. The van der Waals surface area contributed by atoms with Gasteiger partial charge in [-0.1, -0.05) is 12.1 Å². The molecule has 2 aromatic carbocycles. The van der Waals surface area contributed by atoms with Gasteiger partial charge in [-0.15, -0.1) is 13.2 Å². The number of hydrogen-bond acceptors (Lipinski definition) is 4. The second-order valence-electron chi connectivity index (χ2n) is 4.66. The van der Waals surface area contributed by atoms with Crippen LogP contribution in [0.1, 0.15) is 5.56 Å². The molecule has 1 N–H and O–H groups in total. The molecule has 0 unspecified atom stereocenters. The summed E-state index contributed by atoms with van der Waals surface area (Å²) >= 11 is 0. The fraction of sp³-hybridized carbons (Fsp3) is 0.133. The summed E-state index contributed by atoms with van der Waals surface area (Å²) in [4.78, 5) is -0.210. The average Bonchev–Trinajstić information content (AvgIpc) is 2.48. The van der Waals surface area contributed by atoms with E-state index in [9.17, 15) is 21.6 Å². The molecule has 0 amide bonds. The van der Waals surface area contributed by atoms with Crippen molar-refractivity contribution in [2.45, 2.75) is 17.7 Å². The van der Waals surface area contributed by atoms with E-state index in [4.69, 9.17) is 5.26 Å². The second-order valence-corrected chi connectivity index (χ2v) is 6.34. The van der Waals surface area contributed by atoms with Gasteiger partial charge in [-0.2, -0.15) is 5.26 Å². The van der Waals surface area contributed by atoms with Crippen molar-refractivity contribution >= 4 is 15.7 Å². The average molecular weight is 356 g/mol. The molecule has 0 aliphatic rings. The topological polar surface area (TPSA) is 79.2 Å². The molecule has 0 radical (unpaired) electrons. The molecule has 2 rings (SSSR count). The van der Waals surface area contributed by atoms with E-state index >= 15 is 0 Å². The Morgan fingerprint density at radius 1 is 1.04 bits per heavy atom. The van der Waals surface area contributed by atoms with Crippen LogP contribution in [0, 0.1) is 11.3 Å². The Kier molecular flexibility index (Phi) is 4.99. The van der Waals surface area contributed by atoms with Gasteiger partial charge in [0.2, 0.25) is 0 Å². The van der Waals surface area contributed by atoms with Crippen molar-refractivity contribution in [3.05, 3.63) is 54.1 Å². The van der Waals surface area contributed by atoms with E-state index in [0.29, 0.717) is 0 Å². The van der Waals surface area contributed by atoms with Crippen molar-refractivity contribution in [3.8, 4) is 11.8 Å². The summed E-state index contributed by atoms with van der Waals surface area (Å²) < 4.78 is 66.6. The molecule has 24 heavy (non-hydrogen) atoms. The lowest BCUT2D eigenvalue weighted by molar-refractivity contribution is -0.274. The fourth-order valence-corrected chi connectivity index (χ4v) is 2.88. The van der Waals surface area contributed by atoms with Crippen LogP contribution in [0.4, 0.5) is 18.9 Å². The van der Waals surface area contributed by atoms with E-state index in [-0.39, 0.29) is 17.0 Å². The predicted molar refractivity (Wildman–Crippen MR) is 79.7 cm³/mol. The monoisotopic (exact) mass is 356 g/mol. The van der Waals surface area contributed by atoms with Crippen LogP contribution in [0.5, 0.6) is 5.75 Å². The van der Waals surface area contributed by atoms with Crippen LogP contribution in [-0.2, 0) is 16.4 Å². The molecule has 0 saturated carbocycles. The quantitative estimate of drug-likeness (QED) is 0.890. The van der Waals surface area contributed by atoms with Crippen molar-refractivity contribution in [1.29, 1.82) is 5.26 Å². The molecule has 0 saturated heterocycles. The summed E-state index contributed by atoms with van der Waals surface area (Å²) in [6.07, 6.45) is -4.64. The first-order chi connectivity index (χ1) is 11.2. The van der Waals surface area contributed by atoms with Crippen molar-refractivity contribution in [2.24, 2.45) is 0 Å². The Hall–Kier alpha value is -2.73. The van der Waals surface area contributed by atoms with E-state index in [1.165, 1.54) is 12.1 Å². The highest BCUT2D eigenvalue weighted by Crippen LogP contribution is 2.24. The molecule has 0 bridgehead atoms. The van der Waals surface area contributed by atoms with Crippen molar-refractivity contribution in [2.75, 3.05) is 4.72 Å². The maximum atomic E-state index is 12.2. The summed E-state index contributed by atoms with van der Waals surface area (Å²) in [7, 11) is -3.95. The van der Waals surface area contributed by atoms with E-state index in [0.717, 1.165) is 29.8 Å². The smallest absolute Gasteiger partial charge is 0.406 e. The molecule has 0 atom stereocenters. The molecule has 126 valence electrons. The lowest BCUT2D eigenvalue weighted by Crippen LogP contribution is -2.17. The van der Waals surface area contributed by atoms with Gasteiger partial charge in [-0.25, -0.2) is 8.42 Å².